The molecule has 3 N–H and O–H groups in total. The average molecular weight is 415 g/mol. The molecule has 0 saturated heterocycles. The highest BCUT2D eigenvalue weighted by atomic mass is 16.3. The lowest BCUT2D eigenvalue weighted by molar-refractivity contribution is 0.0927. The minimum absolute atomic E-state index is 0. The van der Waals surface area contributed by atoms with Gasteiger partial charge in [0.15, 0.2) is 0 Å². The number of nitrogens with zero attached hydrogens (tertiary/aromatic N) is 5. The van der Waals surface area contributed by atoms with Crippen molar-refractivity contribution in [1.82, 2.24) is 29.6 Å². The lowest BCUT2D eigenvalue weighted by Gasteiger charge is -2.23. The van der Waals surface area contributed by atoms with Crippen LogP contribution in [0, 0.1) is 0 Å². The summed E-state index contributed by atoms with van der Waals surface area (Å²) in [6, 6.07) is 3.90. The first-order chi connectivity index (χ1) is 14.6. The Kier molecular flexibility index (Phi) is 7.69. The molecule has 1 fully saturated rings. The van der Waals surface area contributed by atoms with Crippen molar-refractivity contribution >= 4 is 5.91 Å². The normalized spacial score (nSPS) is 14.1. The van der Waals surface area contributed by atoms with Crippen molar-refractivity contribution in [1.29, 1.82) is 0 Å². The van der Waals surface area contributed by atoms with Crippen LogP contribution in [0.15, 0.2) is 43.2 Å². The third-order valence-corrected chi connectivity index (χ3v) is 4.88. The highest BCUT2D eigenvalue weighted by Gasteiger charge is 2.18. The molecule has 4 rings (SSSR count). The van der Waals surface area contributed by atoms with Crippen LogP contribution in [0.1, 0.15) is 43.9 Å². The standard InChI is InChI=1S/C19H22N6O.C2H6O2.H2/c1-24-12-15(11-21-24)17-9-14(10-18(23-17)25-8-7-20-13-25)19(26)22-16-5-3-2-4-6-16;3-1-2-4;/h7-13,16H,2-6H2,1H3,(H,22,26);3-4H,1-2H2;1H. The lowest BCUT2D eigenvalue weighted by Crippen LogP contribution is -2.36. The fraction of sp³-hybridized carbons (Fsp3) is 0.429. The Hall–Kier alpha value is -3.04. The van der Waals surface area contributed by atoms with E-state index in [0.29, 0.717) is 11.4 Å². The topological polar surface area (TPSA) is 118 Å². The van der Waals surface area contributed by atoms with E-state index in [1.165, 1.54) is 19.3 Å². The molecule has 3 heterocycles. The molecule has 162 valence electrons. The first kappa shape index (κ1) is 21.7. The summed E-state index contributed by atoms with van der Waals surface area (Å²) in [5.74, 6) is 0.614. The molecule has 1 aliphatic carbocycles. The van der Waals surface area contributed by atoms with E-state index >= 15 is 0 Å². The molecule has 30 heavy (non-hydrogen) atoms. The molecule has 1 saturated carbocycles. The zero-order valence-corrected chi connectivity index (χ0v) is 17.1. The number of carbonyl (C=O) groups excluding carboxylic acids is 1. The zero-order valence-electron chi connectivity index (χ0n) is 17.1. The molecule has 3 aromatic rings. The number of pyridine rings is 1. The molecule has 1 amide bonds. The molecule has 0 aromatic carbocycles. The first-order valence-electron chi connectivity index (χ1n) is 10.1. The second-order valence-corrected chi connectivity index (χ2v) is 7.23. The summed E-state index contributed by atoms with van der Waals surface area (Å²) in [4.78, 5) is 21.6. The van der Waals surface area contributed by atoms with Crippen LogP contribution >= 0.6 is 0 Å². The maximum Gasteiger partial charge on any atom is 0.251 e. The number of aliphatic hydroxyl groups excluding tert-OH is 2. The Labute approximate surface area is 176 Å². The summed E-state index contributed by atoms with van der Waals surface area (Å²) < 4.78 is 3.53. The van der Waals surface area contributed by atoms with Crippen molar-refractivity contribution in [2.24, 2.45) is 7.05 Å². The Morgan fingerprint density at radius 2 is 2.00 bits per heavy atom. The van der Waals surface area contributed by atoms with Gasteiger partial charge in [-0.25, -0.2) is 9.97 Å². The predicted molar refractivity (Wildman–Crippen MR) is 114 cm³/mol. The fourth-order valence-corrected chi connectivity index (χ4v) is 3.39. The lowest BCUT2D eigenvalue weighted by atomic mass is 9.95. The zero-order chi connectivity index (χ0) is 21.3. The van der Waals surface area contributed by atoms with Gasteiger partial charge in [-0.3, -0.25) is 14.0 Å². The molecule has 1 aliphatic rings. The third-order valence-electron chi connectivity index (χ3n) is 4.88. The van der Waals surface area contributed by atoms with E-state index in [4.69, 9.17) is 10.2 Å². The van der Waals surface area contributed by atoms with Gasteiger partial charge in [0, 0.05) is 44.2 Å². The summed E-state index contributed by atoms with van der Waals surface area (Å²) in [7, 11) is 1.86. The van der Waals surface area contributed by atoms with Crippen LogP contribution in [-0.4, -0.2) is 59.7 Å². The second kappa shape index (κ2) is 10.7. The summed E-state index contributed by atoms with van der Waals surface area (Å²) in [6.45, 7) is -0.250. The smallest absolute Gasteiger partial charge is 0.251 e. The van der Waals surface area contributed by atoms with Gasteiger partial charge >= 0.3 is 0 Å². The molecule has 0 spiro atoms. The predicted octanol–water partition coefficient (Wildman–Crippen LogP) is 1.95. The number of amides is 1. The number of hydrogen-bond donors (Lipinski definition) is 3. The molecule has 0 bridgehead atoms. The van der Waals surface area contributed by atoms with Gasteiger partial charge in [-0.1, -0.05) is 19.3 Å². The van der Waals surface area contributed by atoms with Crippen LogP contribution in [0.3, 0.4) is 0 Å². The van der Waals surface area contributed by atoms with Crippen molar-refractivity contribution in [2.75, 3.05) is 13.2 Å². The number of carbonyl (C=O) groups is 1. The SMILES string of the molecule is Cn1cc(-c2cc(C(=O)NC3CCCCC3)cc(-n3ccnc3)n2)cn1.OCCO.[HH]. The number of hydrogen-bond acceptors (Lipinski definition) is 6. The van der Waals surface area contributed by atoms with Gasteiger partial charge in [0.1, 0.15) is 12.1 Å². The van der Waals surface area contributed by atoms with E-state index in [-0.39, 0.29) is 26.6 Å². The number of aliphatic hydroxyl groups is 2. The molecule has 0 aliphatic heterocycles. The summed E-state index contributed by atoms with van der Waals surface area (Å²) in [6.07, 6.45) is 14.6. The average Bonchev–Trinajstić information content (AvgIpc) is 3.46. The highest BCUT2D eigenvalue weighted by Crippen LogP contribution is 2.22. The van der Waals surface area contributed by atoms with Crippen molar-refractivity contribution in [2.45, 2.75) is 38.1 Å². The van der Waals surface area contributed by atoms with E-state index in [1.807, 2.05) is 25.5 Å². The fourth-order valence-electron chi connectivity index (χ4n) is 3.39. The van der Waals surface area contributed by atoms with Crippen LogP contribution in [0.25, 0.3) is 17.1 Å². The molecular weight excluding hydrogens is 384 g/mol. The molecule has 9 nitrogen and oxygen atoms in total. The van der Waals surface area contributed by atoms with Gasteiger partial charge in [-0.15, -0.1) is 0 Å². The van der Waals surface area contributed by atoms with Gasteiger partial charge in [-0.2, -0.15) is 5.10 Å². The quantitative estimate of drug-likeness (QED) is 0.587. The minimum Gasteiger partial charge on any atom is -0.394 e. The third kappa shape index (κ3) is 5.74. The van der Waals surface area contributed by atoms with Crippen LogP contribution < -0.4 is 5.32 Å². The molecule has 3 aromatic heterocycles. The number of aromatic nitrogens is 5. The molecular formula is C21H30N6O3. The van der Waals surface area contributed by atoms with E-state index < -0.39 is 0 Å². The first-order valence-corrected chi connectivity index (χ1v) is 10.1. The number of nitrogens with one attached hydrogen (secondary N) is 1. The summed E-state index contributed by atoms with van der Waals surface area (Å²) in [5, 5.41) is 22.6. The molecule has 0 radical (unpaired) electrons. The Bertz CT molecular complexity index is 937. The number of rotatable bonds is 5. The second-order valence-electron chi connectivity index (χ2n) is 7.23. The Balaban J connectivity index is 0.000000631. The van der Waals surface area contributed by atoms with Gasteiger partial charge in [0.25, 0.3) is 5.91 Å². The molecule has 0 unspecified atom stereocenters. The summed E-state index contributed by atoms with van der Waals surface area (Å²) in [5.41, 5.74) is 2.20. The van der Waals surface area contributed by atoms with Gasteiger partial charge in [0.2, 0.25) is 0 Å². The van der Waals surface area contributed by atoms with Gasteiger partial charge in [-0.05, 0) is 25.0 Å². The van der Waals surface area contributed by atoms with E-state index in [2.05, 4.69) is 20.4 Å². The molecule has 9 heteroatoms. The van der Waals surface area contributed by atoms with Crippen molar-refractivity contribution in [3.8, 4) is 17.1 Å². The Morgan fingerprint density at radius 3 is 2.60 bits per heavy atom. The maximum absolute atomic E-state index is 12.8. The van der Waals surface area contributed by atoms with Crippen LogP contribution in [0.5, 0.6) is 0 Å². The number of aryl methyl sites for hydroxylation is 1. The largest absolute Gasteiger partial charge is 0.394 e. The maximum atomic E-state index is 12.8. The highest BCUT2D eigenvalue weighted by molar-refractivity contribution is 5.95. The van der Waals surface area contributed by atoms with Crippen molar-refractivity contribution < 1.29 is 16.4 Å². The van der Waals surface area contributed by atoms with Crippen molar-refractivity contribution in [3.63, 3.8) is 0 Å². The van der Waals surface area contributed by atoms with E-state index in [1.54, 1.807) is 34.0 Å². The summed E-state index contributed by atoms with van der Waals surface area (Å²) >= 11 is 0. The monoisotopic (exact) mass is 414 g/mol. The minimum atomic E-state index is -0.125. The van der Waals surface area contributed by atoms with Gasteiger partial charge in [0.05, 0.1) is 25.1 Å². The number of imidazole rings is 1. The van der Waals surface area contributed by atoms with Crippen LogP contribution in [-0.2, 0) is 7.05 Å². The van der Waals surface area contributed by atoms with Crippen molar-refractivity contribution in [3.05, 3.63) is 48.8 Å². The van der Waals surface area contributed by atoms with Crippen LogP contribution in [0.4, 0.5) is 0 Å². The Morgan fingerprint density at radius 1 is 1.23 bits per heavy atom. The molecule has 0 atom stereocenters. The van der Waals surface area contributed by atoms with E-state index in [0.717, 1.165) is 24.1 Å². The van der Waals surface area contributed by atoms with Gasteiger partial charge < -0.3 is 15.5 Å². The van der Waals surface area contributed by atoms with E-state index in [9.17, 15) is 4.79 Å². The van der Waals surface area contributed by atoms with Crippen LogP contribution in [0.2, 0.25) is 0 Å².